The molecule has 0 aliphatic heterocycles. The summed E-state index contributed by atoms with van der Waals surface area (Å²) in [7, 11) is 0. The summed E-state index contributed by atoms with van der Waals surface area (Å²) in [6.07, 6.45) is -5.30. The molecule has 0 atom stereocenters. The molecule has 0 saturated heterocycles. The number of benzene rings is 1. The first-order chi connectivity index (χ1) is 11.9. The van der Waals surface area contributed by atoms with Crippen molar-refractivity contribution < 1.29 is 42.1 Å². The molecule has 8 nitrogen and oxygen atoms in total. The number of nitrogens with two attached hydrogens (primary N) is 1. The Kier molecular flexibility index (Phi) is 4.61. The van der Waals surface area contributed by atoms with Crippen LogP contribution in [0.1, 0.15) is 20.7 Å². The summed E-state index contributed by atoms with van der Waals surface area (Å²) in [5, 5.41) is 18.4. The van der Waals surface area contributed by atoms with Gasteiger partial charge in [-0.1, -0.05) is 0 Å². The summed E-state index contributed by atoms with van der Waals surface area (Å²) in [6, 6.07) is 1.54. The lowest BCUT2D eigenvalue weighted by atomic mass is 9.94. The predicted octanol–water partition coefficient (Wildman–Crippen LogP) is 2.06. The number of alkyl halides is 3. The molecule has 0 bridgehead atoms. The number of halogens is 4. The van der Waals surface area contributed by atoms with Crippen LogP contribution in [-0.2, 0) is 0 Å². The normalized spacial score (nSPS) is 11.2. The molecule has 12 heteroatoms. The SMILES string of the molecule is Nc1[nH]c(=O)c(C(=O)O)c(-c2ccc(F)cc2OC(F)(F)F)c1C(=O)O. The molecular formula is C14H8F4N2O6. The van der Waals surface area contributed by atoms with Crippen molar-refractivity contribution >= 4 is 17.8 Å². The molecule has 0 saturated carbocycles. The van der Waals surface area contributed by atoms with E-state index in [4.69, 9.17) is 5.73 Å². The number of rotatable bonds is 4. The molecule has 1 heterocycles. The molecule has 138 valence electrons. The van der Waals surface area contributed by atoms with Gasteiger partial charge < -0.3 is 25.7 Å². The Bertz CT molecular complexity index is 967. The number of carboxylic acid groups (broad SMARTS) is 2. The Morgan fingerprint density at radius 3 is 2.19 bits per heavy atom. The van der Waals surface area contributed by atoms with E-state index in [0.717, 1.165) is 0 Å². The number of carbonyl (C=O) groups is 2. The molecular weight excluding hydrogens is 368 g/mol. The Labute approximate surface area is 140 Å². The van der Waals surface area contributed by atoms with Crippen molar-refractivity contribution in [3.63, 3.8) is 0 Å². The molecule has 0 aliphatic carbocycles. The zero-order chi connectivity index (χ0) is 19.8. The van der Waals surface area contributed by atoms with Gasteiger partial charge in [-0.05, 0) is 12.1 Å². The van der Waals surface area contributed by atoms with Crippen molar-refractivity contribution in [2.45, 2.75) is 6.36 Å². The van der Waals surface area contributed by atoms with E-state index in [-0.39, 0.29) is 6.07 Å². The molecule has 1 aromatic heterocycles. The number of hydrogen-bond donors (Lipinski definition) is 4. The Balaban J connectivity index is 2.99. The number of pyridine rings is 1. The maximum absolute atomic E-state index is 13.3. The van der Waals surface area contributed by atoms with Gasteiger partial charge in [-0.2, -0.15) is 0 Å². The fourth-order valence-electron chi connectivity index (χ4n) is 2.23. The number of ether oxygens (including phenoxy) is 1. The highest BCUT2D eigenvalue weighted by Gasteiger charge is 2.35. The number of anilines is 1. The predicted molar refractivity (Wildman–Crippen MR) is 77.5 cm³/mol. The highest BCUT2D eigenvalue weighted by molar-refractivity contribution is 6.08. The standard InChI is InChI=1S/C14H8F4N2O6/c15-4-1-2-5(6(3-4)26-14(16,17)18)7-8(12(22)23)10(19)20-11(21)9(7)13(24)25/h1-3H,(H,22,23)(H,24,25)(H3,19,20,21). The molecule has 0 spiro atoms. The Morgan fingerprint density at radius 2 is 1.69 bits per heavy atom. The van der Waals surface area contributed by atoms with Crippen LogP contribution in [0.2, 0.25) is 0 Å². The first kappa shape index (κ1) is 18.8. The van der Waals surface area contributed by atoms with Crippen molar-refractivity contribution in [1.29, 1.82) is 0 Å². The third kappa shape index (κ3) is 3.58. The molecule has 2 aromatic rings. The molecule has 2 rings (SSSR count). The van der Waals surface area contributed by atoms with Gasteiger partial charge in [0.15, 0.2) is 0 Å². The summed E-state index contributed by atoms with van der Waals surface area (Å²) < 4.78 is 54.7. The summed E-state index contributed by atoms with van der Waals surface area (Å²) in [5.74, 6) is -7.00. The molecule has 0 fully saturated rings. The first-order valence-electron chi connectivity index (χ1n) is 6.50. The number of hydrogen-bond acceptors (Lipinski definition) is 5. The number of carboxylic acids is 2. The maximum Gasteiger partial charge on any atom is 0.573 e. The van der Waals surface area contributed by atoms with Crippen LogP contribution < -0.4 is 16.0 Å². The van der Waals surface area contributed by atoms with Gasteiger partial charge in [0.1, 0.15) is 28.5 Å². The van der Waals surface area contributed by atoms with Gasteiger partial charge in [0.2, 0.25) is 0 Å². The molecule has 0 amide bonds. The Morgan fingerprint density at radius 1 is 1.12 bits per heavy atom. The highest BCUT2D eigenvalue weighted by atomic mass is 19.4. The van der Waals surface area contributed by atoms with E-state index in [2.05, 4.69) is 4.74 Å². The van der Waals surface area contributed by atoms with Gasteiger partial charge >= 0.3 is 18.3 Å². The third-order valence-electron chi connectivity index (χ3n) is 3.11. The average Bonchev–Trinajstić information content (AvgIpc) is 2.43. The maximum atomic E-state index is 13.3. The number of nitrogen functional groups attached to an aromatic ring is 1. The van der Waals surface area contributed by atoms with Crippen LogP contribution in [-0.4, -0.2) is 33.5 Å². The van der Waals surface area contributed by atoms with Crippen LogP contribution in [0.3, 0.4) is 0 Å². The lowest BCUT2D eigenvalue weighted by Gasteiger charge is -2.17. The van der Waals surface area contributed by atoms with Crippen molar-refractivity contribution in [3.8, 4) is 16.9 Å². The molecule has 0 unspecified atom stereocenters. The second-order valence-electron chi connectivity index (χ2n) is 4.79. The van der Waals surface area contributed by atoms with Crippen molar-refractivity contribution in [1.82, 2.24) is 4.98 Å². The largest absolute Gasteiger partial charge is 0.573 e. The molecule has 0 aliphatic rings. The van der Waals surface area contributed by atoms with E-state index in [0.29, 0.717) is 12.1 Å². The molecule has 26 heavy (non-hydrogen) atoms. The van der Waals surface area contributed by atoms with Crippen LogP contribution in [0.4, 0.5) is 23.4 Å². The van der Waals surface area contributed by atoms with Crippen LogP contribution >= 0.6 is 0 Å². The smallest absolute Gasteiger partial charge is 0.478 e. The quantitative estimate of drug-likeness (QED) is 0.598. The molecule has 1 aromatic carbocycles. The number of aromatic carboxylic acids is 2. The van der Waals surface area contributed by atoms with E-state index < -0.39 is 63.5 Å². The van der Waals surface area contributed by atoms with Crippen molar-refractivity contribution in [2.75, 3.05) is 5.73 Å². The lowest BCUT2D eigenvalue weighted by Crippen LogP contribution is -2.25. The van der Waals surface area contributed by atoms with E-state index in [1.165, 1.54) is 0 Å². The summed E-state index contributed by atoms with van der Waals surface area (Å²) in [6.45, 7) is 0. The zero-order valence-electron chi connectivity index (χ0n) is 12.3. The van der Waals surface area contributed by atoms with Crippen LogP contribution in [0.5, 0.6) is 5.75 Å². The fraction of sp³-hybridized carbons (Fsp3) is 0.0714. The third-order valence-corrected chi connectivity index (χ3v) is 3.11. The van der Waals surface area contributed by atoms with Crippen molar-refractivity contribution in [2.24, 2.45) is 0 Å². The monoisotopic (exact) mass is 376 g/mol. The van der Waals surface area contributed by atoms with E-state index in [1.54, 1.807) is 4.98 Å². The summed E-state index contributed by atoms with van der Waals surface area (Å²) >= 11 is 0. The van der Waals surface area contributed by atoms with E-state index in [1.807, 2.05) is 0 Å². The highest BCUT2D eigenvalue weighted by Crippen LogP contribution is 2.38. The molecule has 5 N–H and O–H groups in total. The minimum Gasteiger partial charge on any atom is -0.478 e. The van der Waals surface area contributed by atoms with E-state index in [9.17, 15) is 42.2 Å². The van der Waals surface area contributed by atoms with Crippen LogP contribution in [0, 0.1) is 5.82 Å². The lowest BCUT2D eigenvalue weighted by molar-refractivity contribution is -0.274. The van der Waals surface area contributed by atoms with Gasteiger partial charge in [-0.3, -0.25) is 4.79 Å². The van der Waals surface area contributed by atoms with Crippen LogP contribution in [0.15, 0.2) is 23.0 Å². The number of nitrogens with one attached hydrogen (secondary N) is 1. The summed E-state index contributed by atoms with van der Waals surface area (Å²) in [4.78, 5) is 36.5. The number of H-pyrrole nitrogens is 1. The van der Waals surface area contributed by atoms with Gasteiger partial charge in [-0.25, -0.2) is 14.0 Å². The minimum absolute atomic E-state index is 0.261. The number of aromatic amines is 1. The second-order valence-corrected chi connectivity index (χ2v) is 4.79. The Hall–Kier alpha value is -3.57. The zero-order valence-corrected chi connectivity index (χ0v) is 12.3. The topological polar surface area (TPSA) is 143 Å². The first-order valence-corrected chi connectivity index (χ1v) is 6.50. The molecule has 0 radical (unpaired) electrons. The van der Waals surface area contributed by atoms with Gasteiger partial charge in [-0.15, -0.1) is 13.2 Å². The van der Waals surface area contributed by atoms with Gasteiger partial charge in [0.05, 0.1) is 0 Å². The van der Waals surface area contributed by atoms with Crippen molar-refractivity contribution in [3.05, 3.63) is 45.5 Å². The van der Waals surface area contributed by atoms with E-state index >= 15 is 0 Å². The van der Waals surface area contributed by atoms with Gasteiger partial charge in [0.25, 0.3) is 5.56 Å². The number of aromatic nitrogens is 1. The van der Waals surface area contributed by atoms with Crippen LogP contribution in [0.25, 0.3) is 11.1 Å². The second kappa shape index (κ2) is 6.38. The minimum atomic E-state index is -5.30. The summed E-state index contributed by atoms with van der Waals surface area (Å²) in [5.41, 5.74) is 0.0740. The van der Waals surface area contributed by atoms with Gasteiger partial charge in [0, 0.05) is 17.2 Å². The fourth-order valence-corrected chi connectivity index (χ4v) is 2.23. The average molecular weight is 376 g/mol.